The van der Waals surface area contributed by atoms with E-state index in [-0.39, 0.29) is 12.5 Å². The van der Waals surface area contributed by atoms with E-state index in [4.69, 9.17) is 4.74 Å². The van der Waals surface area contributed by atoms with Gasteiger partial charge in [0.2, 0.25) is 0 Å². The lowest BCUT2D eigenvalue weighted by molar-refractivity contribution is -0.493. The van der Waals surface area contributed by atoms with Gasteiger partial charge < -0.3 is 9.84 Å². The number of hydrogen-bond acceptors (Lipinski definition) is 3. The Labute approximate surface area is 109 Å². The number of aromatic hydroxyl groups is 1. The van der Waals surface area contributed by atoms with Crippen molar-refractivity contribution in [3.63, 3.8) is 0 Å². The molecule has 1 aromatic carbocycles. The Balaban J connectivity index is 2.48. The predicted octanol–water partition coefficient (Wildman–Crippen LogP) is 1.63. The fourth-order valence-corrected chi connectivity index (χ4v) is 2.33. The predicted molar refractivity (Wildman–Crippen MR) is 68.6 cm³/mol. The van der Waals surface area contributed by atoms with Gasteiger partial charge in [-0.2, -0.15) is 9.66 Å². The Bertz CT molecular complexity index is 815. The molecular formula is C14H12N3O2+. The van der Waals surface area contributed by atoms with Crippen LogP contribution in [-0.4, -0.2) is 17.2 Å². The number of rotatable bonds is 2. The third kappa shape index (κ3) is 1.62. The summed E-state index contributed by atoms with van der Waals surface area (Å²) >= 11 is 0. The zero-order valence-corrected chi connectivity index (χ0v) is 10.3. The summed E-state index contributed by atoms with van der Waals surface area (Å²) in [5, 5.41) is 19.5. The summed E-state index contributed by atoms with van der Waals surface area (Å²) in [5.74, 6) is 0.0819. The Kier molecular flexibility index (Phi) is 2.58. The van der Waals surface area contributed by atoms with Gasteiger partial charge in [0, 0.05) is 18.7 Å². The Hall–Kier alpha value is -2.58. The second-order valence-electron chi connectivity index (χ2n) is 4.27. The van der Waals surface area contributed by atoms with Crippen LogP contribution in [0, 0.1) is 11.3 Å². The molecule has 3 aromatic rings. The van der Waals surface area contributed by atoms with Crippen LogP contribution in [0.15, 0.2) is 30.3 Å². The van der Waals surface area contributed by atoms with E-state index in [1.807, 2.05) is 24.3 Å². The van der Waals surface area contributed by atoms with Crippen LogP contribution in [0.1, 0.15) is 11.1 Å². The van der Waals surface area contributed by atoms with Crippen LogP contribution < -0.4 is 4.40 Å². The van der Waals surface area contributed by atoms with Crippen molar-refractivity contribution in [3.8, 4) is 11.9 Å². The van der Waals surface area contributed by atoms with Crippen molar-refractivity contribution < 1.29 is 14.2 Å². The number of hydrogen-bond donors (Lipinski definition) is 2. The van der Waals surface area contributed by atoms with Gasteiger partial charge in [-0.1, -0.05) is 12.1 Å². The number of aromatic nitrogens is 2. The highest BCUT2D eigenvalue weighted by Gasteiger charge is 2.22. The normalized spacial score (nSPS) is 10.9. The number of para-hydroxylation sites is 2. The highest BCUT2D eigenvalue weighted by Crippen LogP contribution is 2.21. The van der Waals surface area contributed by atoms with E-state index in [9.17, 15) is 10.4 Å². The van der Waals surface area contributed by atoms with Gasteiger partial charge in [0.1, 0.15) is 11.6 Å². The maximum Gasteiger partial charge on any atom is 0.306 e. The van der Waals surface area contributed by atoms with Crippen molar-refractivity contribution in [2.75, 3.05) is 7.11 Å². The molecule has 5 nitrogen and oxygen atoms in total. The number of fused-ring (bicyclic) bond motifs is 3. The summed E-state index contributed by atoms with van der Waals surface area (Å²) in [7, 11) is 1.56. The monoisotopic (exact) mass is 254 g/mol. The average molecular weight is 254 g/mol. The van der Waals surface area contributed by atoms with Gasteiger partial charge in [-0.05, 0) is 12.1 Å². The van der Waals surface area contributed by atoms with Gasteiger partial charge in [0.15, 0.2) is 11.0 Å². The number of pyridine rings is 1. The van der Waals surface area contributed by atoms with E-state index in [1.54, 1.807) is 17.6 Å². The third-order valence-electron chi connectivity index (χ3n) is 3.12. The van der Waals surface area contributed by atoms with Crippen LogP contribution in [0.4, 0.5) is 0 Å². The standard InChI is InChI=1S/C14H11N3O2/c1-19-8-9-6-13(18)17-12-5-3-2-4-11(12)16-14(17)10(9)7-15/h2-6H,8H2,1H3,(H,16,18)/p+1. The minimum atomic E-state index is 0.0819. The molecule has 0 aliphatic heterocycles. The van der Waals surface area contributed by atoms with Crippen molar-refractivity contribution in [2.24, 2.45) is 0 Å². The summed E-state index contributed by atoms with van der Waals surface area (Å²) in [4.78, 5) is 3.16. The summed E-state index contributed by atoms with van der Waals surface area (Å²) < 4.78 is 6.69. The number of H-pyrrole nitrogens is 1. The first-order valence-electron chi connectivity index (χ1n) is 5.82. The molecule has 2 heterocycles. The Morgan fingerprint density at radius 1 is 1.42 bits per heavy atom. The minimum Gasteiger partial charge on any atom is -0.477 e. The lowest BCUT2D eigenvalue weighted by atomic mass is 10.1. The molecule has 3 rings (SSSR count). The number of nitrogens with zero attached hydrogens (tertiary/aromatic N) is 2. The zero-order chi connectivity index (χ0) is 13.4. The van der Waals surface area contributed by atoms with Crippen LogP contribution in [0.2, 0.25) is 0 Å². The van der Waals surface area contributed by atoms with E-state index in [2.05, 4.69) is 11.1 Å². The average Bonchev–Trinajstić information content (AvgIpc) is 2.79. The van der Waals surface area contributed by atoms with Gasteiger partial charge in [-0.25, -0.2) is 4.98 Å². The molecule has 2 N–H and O–H groups in total. The lowest BCUT2D eigenvalue weighted by Gasteiger charge is -2.02. The second-order valence-corrected chi connectivity index (χ2v) is 4.27. The zero-order valence-electron chi connectivity index (χ0n) is 10.3. The molecule has 0 spiro atoms. The maximum absolute atomic E-state index is 10.2. The molecule has 0 bridgehead atoms. The molecule has 0 saturated carbocycles. The molecule has 19 heavy (non-hydrogen) atoms. The van der Waals surface area contributed by atoms with Crippen molar-refractivity contribution in [3.05, 3.63) is 41.5 Å². The largest absolute Gasteiger partial charge is 0.477 e. The van der Waals surface area contributed by atoms with Crippen LogP contribution >= 0.6 is 0 Å². The molecule has 0 radical (unpaired) electrons. The molecule has 0 saturated heterocycles. The Morgan fingerprint density at radius 3 is 2.95 bits per heavy atom. The first-order chi connectivity index (χ1) is 9.26. The molecule has 0 amide bonds. The van der Waals surface area contributed by atoms with Crippen LogP contribution in [0.3, 0.4) is 0 Å². The summed E-state index contributed by atoms with van der Waals surface area (Å²) in [5.41, 5.74) is 3.42. The molecule has 0 aliphatic rings. The van der Waals surface area contributed by atoms with Crippen LogP contribution in [-0.2, 0) is 11.3 Å². The maximum atomic E-state index is 10.2. The van der Waals surface area contributed by atoms with E-state index in [0.717, 1.165) is 11.0 Å². The van der Waals surface area contributed by atoms with Gasteiger partial charge in [0.05, 0.1) is 6.61 Å². The second kappa shape index (κ2) is 4.26. The van der Waals surface area contributed by atoms with E-state index in [0.29, 0.717) is 16.8 Å². The van der Waals surface area contributed by atoms with Gasteiger partial charge in [-0.3, -0.25) is 0 Å². The van der Waals surface area contributed by atoms with E-state index >= 15 is 0 Å². The van der Waals surface area contributed by atoms with Crippen LogP contribution in [0.25, 0.3) is 16.7 Å². The van der Waals surface area contributed by atoms with Crippen molar-refractivity contribution in [1.82, 2.24) is 4.98 Å². The topological polar surface area (TPSA) is 73.1 Å². The van der Waals surface area contributed by atoms with Gasteiger partial charge >= 0.3 is 5.65 Å². The first-order valence-corrected chi connectivity index (χ1v) is 5.82. The summed E-state index contributed by atoms with van der Waals surface area (Å²) in [6.45, 7) is 0.280. The third-order valence-corrected chi connectivity index (χ3v) is 3.12. The minimum absolute atomic E-state index is 0.0819. The van der Waals surface area contributed by atoms with Crippen molar-refractivity contribution in [2.45, 2.75) is 6.61 Å². The lowest BCUT2D eigenvalue weighted by Crippen LogP contribution is -2.22. The molecular weight excluding hydrogens is 242 g/mol. The van der Waals surface area contributed by atoms with E-state index < -0.39 is 0 Å². The number of benzene rings is 1. The van der Waals surface area contributed by atoms with E-state index in [1.165, 1.54) is 0 Å². The van der Waals surface area contributed by atoms with Crippen LogP contribution in [0.5, 0.6) is 5.88 Å². The number of ether oxygens (including phenoxy) is 1. The molecule has 0 unspecified atom stereocenters. The molecule has 94 valence electrons. The fourth-order valence-electron chi connectivity index (χ4n) is 2.33. The smallest absolute Gasteiger partial charge is 0.306 e. The quantitative estimate of drug-likeness (QED) is 0.683. The molecule has 0 fully saturated rings. The number of methoxy groups -OCH3 is 1. The number of nitrogens with one attached hydrogen (secondary N) is 1. The highest BCUT2D eigenvalue weighted by atomic mass is 16.5. The fraction of sp³-hybridized carbons (Fsp3) is 0.143. The molecule has 5 heteroatoms. The molecule has 2 aromatic heterocycles. The summed E-state index contributed by atoms with van der Waals surface area (Å²) in [6, 6.07) is 11.3. The van der Waals surface area contributed by atoms with Gasteiger partial charge in [0.25, 0.3) is 5.88 Å². The Morgan fingerprint density at radius 2 is 2.21 bits per heavy atom. The SMILES string of the molecule is COCc1cc(O)[n+]2c([nH]c3ccccc32)c1C#N. The number of nitriles is 1. The number of aromatic amines is 1. The summed E-state index contributed by atoms with van der Waals surface area (Å²) in [6.07, 6.45) is 0. The van der Waals surface area contributed by atoms with Crippen molar-refractivity contribution >= 4 is 16.7 Å². The van der Waals surface area contributed by atoms with Crippen molar-refractivity contribution in [1.29, 1.82) is 5.26 Å². The molecule has 0 atom stereocenters. The number of imidazole rings is 1. The van der Waals surface area contributed by atoms with Gasteiger partial charge in [-0.15, -0.1) is 0 Å². The molecule has 0 aliphatic carbocycles. The first kappa shape index (κ1) is 11.5. The highest BCUT2D eigenvalue weighted by molar-refractivity contribution is 5.76.